The first-order valence-electron chi connectivity index (χ1n) is 6.03. The van der Waals surface area contributed by atoms with Crippen LogP contribution in [0.25, 0.3) is 0 Å². The van der Waals surface area contributed by atoms with Gasteiger partial charge in [0.05, 0.1) is 5.56 Å². The van der Waals surface area contributed by atoms with Crippen LogP contribution in [0, 0.1) is 5.82 Å². The van der Waals surface area contributed by atoms with Crippen molar-refractivity contribution in [2.75, 3.05) is 0 Å². The van der Waals surface area contributed by atoms with Crippen molar-refractivity contribution < 1.29 is 17.6 Å². The number of hydrogen-bond acceptors (Lipinski definition) is 0. The van der Waals surface area contributed by atoms with Crippen molar-refractivity contribution in [3.05, 3.63) is 70.0 Å². The first-order chi connectivity index (χ1) is 9.79. The predicted octanol–water partition coefficient (Wildman–Crippen LogP) is 6.18. The maximum atomic E-state index is 13.8. The van der Waals surface area contributed by atoms with E-state index in [1.54, 1.807) is 24.3 Å². The second-order valence-corrected chi connectivity index (χ2v) is 6.01. The van der Waals surface area contributed by atoms with Crippen molar-refractivity contribution in [3.63, 3.8) is 0 Å². The zero-order valence-corrected chi connectivity index (χ0v) is 12.9. The van der Waals surface area contributed by atoms with Crippen LogP contribution in [0.4, 0.5) is 17.6 Å². The molecule has 2 rings (SSSR count). The summed E-state index contributed by atoms with van der Waals surface area (Å²) in [5, 5.41) is 0.495. The van der Waals surface area contributed by atoms with Gasteiger partial charge in [-0.3, -0.25) is 0 Å². The fourth-order valence-corrected chi connectivity index (χ4v) is 2.84. The normalized spacial score (nSPS) is 13.2. The molecule has 1 unspecified atom stereocenters. The average molecular weight is 382 g/mol. The number of benzene rings is 2. The minimum Gasteiger partial charge on any atom is -0.207 e. The summed E-state index contributed by atoms with van der Waals surface area (Å²) < 4.78 is 51.9. The van der Waals surface area contributed by atoms with Gasteiger partial charge in [-0.1, -0.05) is 45.7 Å². The quantitative estimate of drug-likeness (QED) is 0.440. The lowest BCUT2D eigenvalue weighted by atomic mass is 10.0. The fraction of sp³-hybridized carbons (Fsp3) is 0.200. The Morgan fingerprint density at radius 2 is 1.76 bits per heavy atom. The summed E-state index contributed by atoms with van der Waals surface area (Å²) in [6.45, 7) is 0. The van der Waals surface area contributed by atoms with Gasteiger partial charge < -0.3 is 0 Å². The van der Waals surface area contributed by atoms with Gasteiger partial charge >= 0.3 is 6.18 Å². The van der Waals surface area contributed by atoms with Crippen LogP contribution >= 0.6 is 27.5 Å². The number of rotatable bonds is 3. The molecule has 0 heterocycles. The van der Waals surface area contributed by atoms with Crippen LogP contribution in [0.15, 0.2) is 42.5 Å². The Morgan fingerprint density at radius 3 is 2.38 bits per heavy atom. The van der Waals surface area contributed by atoms with Crippen molar-refractivity contribution in [1.82, 2.24) is 0 Å². The van der Waals surface area contributed by atoms with E-state index in [0.29, 0.717) is 5.02 Å². The van der Waals surface area contributed by atoms with Crippen LogP contribution in [0.5, 0.6) is 0 Å². The molecule has 0 saturated heterocycles. The van der Waals surface area contributed by atoms with E-state index in [1.807, 2.05) is 0 Å². The predicted molar refractivity (Wildman–Crippen MR) is 78.2 cm³/mol. The number of halogens is 6. The zero-order valence-electron chi connectivity index (χ0n) is 10.6. The van der Waals surface area contributed by atoms with Crippen molar-refractivity contribution >= 4 is 27.5 Å². The summed E-state index contributed by atoms with van der Waals surface area (Å²) >= 11 is 9.25. The molecule has 0 aliphatic rings. The molecule has 0 saturated carbocycles. The highest BCUT2D eigenvalue weighted by atomic mass is 79.9. The van der Waals surface area contributed by atoms with Crippen LogP contribution in [0.2, 0.25) is 5.02 Å². The fourth-order valence-electron chi connectivity index (χ4n) is 1.93. The highest BCUT2D eigenvalue weighted by Gasteiger charge is 2.31. The van der Waals surface area contributed by atoms with Gasteiger partial charge in [-0.05, 0) is 36.2 Å². The van der Waals surface area contributed by atoms with E-state index >= 15 is 0 Å². The average Bonchev–Trinajstić information content (AvgIpc) is 2.40. The van der Waals surface area contributed by atoms with E-state index in [0.717, 1.165) is 23.8 Å². The molecular weight excluding hydrogens is 372 g/mol. The summed E-state index contributed by atoms with van der Waals surface area (Å²) in [6, 6.07) is 9.34. The molecule has 0 N–H and O–H groups in total. The number of hydrogen-bond donors (Lipinski definition) is 0. The van der Waals surface area contributed by atoms with Crippen molar-refractivity contribution in [1.29, 1.82) is 0 Å². The first kappa shape index (κ1) is 16.3. The van der Waals surface area contributed by atoms with Crippen LogP contribution in [-0.2, 0) is 12.6 Å². The van der Waals surface area contributed by atoms with Gasteiger partial charge in [0.2, 0.25) is 0 Å². The van der Waals surface area contributed by atoms with E-state index < -0.39 is 22.4 Å². The maximum Gasteiger partial charge on any atom is 0.416 e. The van der Waals surface area contributed by atoms with Crippen LogP contribution in [0.1, 0.15) is 21.5 Å². The Morgan fingerprint density at radius 1 is 1.10 bits per heavy atom. The molecule has 0 aliphatic carbocycles. The topological polar surface area (TPSA) is 0 Å². The lowest BCUT2D eigenvalue weighted by Crippen LogP contribution is -2.08. The number of alkyl halides is 4. The molecule has 0 radical (unpaired) electrons. The molecule has 0 spiro atoms. The smallest absolute Gasteiger partial charge is 0.207 e. The van der Waals surface area contributed by atoms with Gasteiger partial charge in [-0.2, -0.15) is 13.2 Å². The molecule has 2 aromatic carbocycles. The summed E-state index contributed by atoms with van der Waals surface area (Å²) in [6.07, 6.45) is -4.21. The molecule has 0 fully saturated rings. The van der Waals surface area contributed by atoms with Gasteiger partial charge in [0, 0.05) is 15.4 Å². The minimum absolute atomic E-state index is 0.0373. The Balaban J connectivity index is 2.31. The molecule has 0 aliphatic heterocycles. The second kappa shape index (κ2) is 6.36. The van der Waals surface area contributed by atoms with E-state index in [9.17, 15) is 17.6 Å². The summed E-state index contributed by atoms with van der Waals surface area (Å²) in [5.41, 5.74) is -0.176. The van der Waals surface area contributed by atoms with E-state index in [-0.39, 0.29) is 12.0 Å². The molecule has 6 heteroatoms. The second-order valence-electron chi connectivity index (χ2n) is 4.50. The summed E-state index contributed by atoms with van der Waals surface area (Å²) in [5.74, 6) is -0.683. The zero-order chi connectivity index (χ0) is 15.6. The van der Waals surface area contributed by atoms with Crippen LogP contribution in [0.3, 0.4) is 0 Å². The molecule has 0 amide bonds. The molecular formula is C15H10BrClF4. The third kappa shape index (κ3) is 3.98. The highest BCUT2D eigenvalue weighted by molar-refractivity contribution is 9.09. The minimum atomic E-state index is -4.50. The van der Waals surface area contributed by atoms with E-state index in [2.05, 4.69) is 15.9 Å². The molecule has 0 bridgehead atoms. The molecule has 0 aromatic heterocycles. The van der Waals surface area contributed by atoms with Gasteiger partial charge in [0.15, 0.2) is 0 Å². The summed E-state index contributed by atoms with van der Waals surface area (Å²) in [7, 11) is 0. The van der Waals surface area contributed by atoms with Gasteiger partial charge in [0.25, 0.3) is 0 Å². The first-order valence-corrected chi connectivity index (χ1v) is 7.32. The molecule has 21 heavy (non-hydrogen) atoms. The Labute approximate surface area is 132 Å². The Bertz CT molecular complexity index is 640. The van der Waals surface area contributed by atoms with Crippen molar-refractivity contribution in [2.45, 2.75) is 17.4 Å². The largest absolute Gasteiger partial charge is 0.416 e. The SMILES string of the molecule is Fc1ccc(C(F)(F)F)cc1C(Br)Cc1ccccc1Cl. The standard InChI is InChI=1S/C15H10BrClF4/c16-12(7-9-3-1-2-4-13(9)17)11-8-10(15(19,20)21)5-6-14(11)18/h1-6,8,12H,7H2. The molecule has 0 nitrogen and oxygen atoms in total. The summed E-state index contributed by atoms with van der Waals surface area (Å²) in [4.78, 5) is -0.598. The van der Waals surface area contributed by atoms with E-state index in [1.165, 1.54) is 0 Å². The molecule has 2 aromatic rings. The molecule has 112 valence electrons. The van der Waals surface area contributed by atoms with Gasteiger partial charge in [-0.15, -0.1) is 0 Å². The Kier molecular flexibility index (Phi) is 4.94. The van der Waals surface area contributed by atoms with Crippen LogP contribution < -0.4 is 0 Å². The van der Waals surface area contributed by atoms with Crippen molar-refractivity contribution in [3.8, 4) is 0 Å². The maximum absolute atomic E-state index is 13.8. The molecule has 1 atom stereocenters. The van der Waals surface area contributed by atoms with Crippen LogP contribution in [-0.4, -0.2) is 0 Å². The third-order valence-electron chi connectivity index (χ3n) is 3.02. The highest BCUT2D eigenvalue weighted by Crippen LogP contribution is 2.36. The Hall–Kier alpha value is -1.07. The van der Waals surface area contributed by atoms with E-state index in [4.69, 9.17) is 11.6 Å². The van der Waals surface area contributed by atoms with Gasteiger partial charge in [-0.25, -0.2) is 4.39 Å². The lowest BCUT2D eigenvalue weighted by Gasteiger charge is -2.15. The lowest BCUT2D eigenvalue weighted by molar-refractivity contribution is -0.137. The monoisotopic (exact) mass is 380 g/mol. The third-order valence-corrected chi connectivity index (χ3v) is 4.20. The van der Waals surface area contributed by atoms with Gasteiger partial charge in [0.1, 0.15) is 5.82 Å². The van der Waals surface area contributed by atoms with Crippen molar-refractivity contribution in [2.24, 2.45) is 0 Å².